The van der Waals surface area contributed by atoms with E-state index in [0.717, 1.165) is 20.5 Å². The van der Waals surface area contributed by atoms with Gasteiger partial charge in [0, 0.05) is 16.0 Å². The van der Waals surface area contributed by atoms with E-state index in [1.165, 1.54) is 0 Å². The van der Waals surface area contributed by atoms with E-state index >= 15 is 0 Å². The van der Waals surface area contributed by atoms with Crippen LogP contribution in [-0.4, -0.2) is 9.55 Å². The van der Waals surface area contributed by atoms with Gasteiger partial charge in [0.05, 0.1) is 18.4 Å². The van der Waals surface area contributed by atoms with Crippen LogP contribution >= 0.6 is 43.5 Å². The minimum atomic E-state index is 0.616. The summed E-state index contributed by atoms with van der Waals surface area (Å²) in [6.07, 6.45) is 1.65. The predicted octanol–water partition coefficient (Wildman–Crippen LogP) is 4.21. The zero-order valence-electron chi connectivity index (χ0n) is 9.04. The highest BCUT2D eigenvalue weighted by Gasteiger charge is 2.07. The molecular formula is C11H10Br2ClN3. The predicted molar refractivity (Wildman–Crippen MR) is 77.4 cm³/mol. The lowest BCUT2D eigenvalue weighted by atomic mass is 10.3. The third kappa shape index (κ3) is 2.84. The zero-order chi connectivity index (χ0) is 12.4. The normalized spacial score (nSPS) is 10.6. The number of rotatable bonds is 3. The molecule has 6 heteroatoms. The summed E-state index contributed by atoms with van der Waals surface area (Å²) in [7, 11) is 1.89. The fourth-order valence-corrected chi connectivity index (χ4v) is 2.85. The molecule has 0 aliphatic heterocycles. The summed E-state index contributed by atoms with van der Waals surface area (Å²) in [4.78, 5) is 4.23. The van der Waals surface area contributed by atoms with Gasteiger partial charge in [-0.1, -0.05) is 17.7 Å². The SMILES string of the molecule is Cn1c(Cl)cnc1CNc1c(Br)cccc1Br. The molecule has 0 fully saturated rings. The molecule has 0 spiro atoms. The van der Waals surface area contributed by atoms with E-state index in [4.69, 9.17) is 11.6 Å². The first kappa shape index (κ1) is 12.9. The van der Waals surface area contributed by atoms with Gasteiger partial charge in [-0.05, 0) is 44.0 Å². The molecule has 0 radical (unpaired) electrons. The number of nitrogens with one attached hydrogen (secondary N) is 1. The number of anilines is 1. The van der Waals surface area contributed by atoms with Crippen molar-refractivity contribution in [2.75, 3.05) is 5.32 Å². The Morgan fingerprint density at radius 2 is 2.00 bits per heavy atom. The quantitative estimate of drug-likeness (QED) is 0.866. The van der Waals surface area contributed by atoms with E-state index in [1.54, 1.807) is 6.20 Å². The lowest BCUT2D eigenvalue weighted by Gasteiger charge is -2.10. The Hall–Kier alpha value is -0.520. The van der Waals surface area contributed by atoms with Crippen molar-refractivity contribution >= 4 is 49.1 Å². The lowest BCUT2D eigenvalue weighted by molar-refractivity contribution is 0.813. The standard InChI is InChI=1S/C11H10Br2ClN3/c1-17-9(14)5-15-10(17)6-16-11-7(12)3-2-4-8(11)13/h2-5,16H,6H2,1H3. The molecule has 3 nitrogen and oxygen atoms in total. The van der Waals surface area contributed by atoms with Crippen molar-refractivity contribution in [2.45, 2.75) is 6.54 Å². The maximum Gasteiger partial charge on any atom is 0.128 e. The van der Waals surface area contributed by atoms with Crippen LogP contribution in [0.4, 0.5) is 5.69 Å². The van der Waals surface area contributed by atoms with E-state index in [0.29, 0.717) is 11.7 Å². The molecule has 0 saturated carbocycles. The summed E-state index contributed by atoms with van der Waals surface area (Å²) >= 11 is 12.9. The summed E-state index contributed by atoms with van der Waals surface area (Å²) in [5.41, 5.74) is 1.01. The minimum Gasteiger partial charge on any atom is -0.376 e. The number of para-hydroxylation sites is 1. The van der Waals surface area contributed by atoms with E-state index < -0.39 is 0 Å². The molecule has 0 aliphatic rings. The first-order chi connectivity index (χ1) is 8.09. The Kier molecular flexibility index (Phi) is 4.12. The zero-order valence-corrected chi connectivity index (χ0v) is 13.0. The molecule has 0 atom stereocenters. The summed E-state index contributed by atoms with van der Waals surface area (Å²) in [6, 6.07) is 5.94. The van der Waals surface area contributed by atoms with Crippen molar-refractivity contribution in [2.24, 2.45) is 7.05 Å². The van der Waals surface area contributed by atoms with Crippen LogP contribution < -0.4 is 5.32 Å². The van der Waals surface area contributed by atoms with E-state index in [-0.39, 0.29) is 0 Å². The third-order valence-electron chi connectivity index (χ3n) is 2.41. The van der Waals surface area contributed by atoms with Crippen LogP contribution in [-0.2, 0) is 13.6 Å². The number of nitrogens with zero attached hydrogens (tertiary/aromatic N) is 2. The molecule has 17 heavy (non-hydrogen) atoms. The Morgan fingerprint density at radius 1 is 1.35 bits per heavy atom. The number of halogens is 3. The summed E-state index contributed by atoms with van der Waals surface area (Å²) < 4.78 is 3.86. The van der Waals surface area contributed by atoms with Gasteiger partial charge in [0.2, 0.25) is 0 Å². The van der Waals surface area contributed by atoms with Gasteiger partial charge < -0.3 is 9.88 Å². The summed E-state index contributed by atoms with van der Waals surface area (Å²) in [6.45, 7) is 0.616. The second kappa shape index (κ2) is 5.42. The average Bonchev–Trinajstić information content (AvgIpc) is 2.60. The van der Waals surface area contributed by atoms with Gasteiger partial charge in [-0.25, -0.2) is 4.98 Å². The highest BCUT2D eigenvalue weighted by atomic mass is 79.9. The number of aromatic nitrogens is 2. The van der Waals surface area contributed by atoms with Gasteiger partial charge in [-0.2, -0.15) is 0 Å². The topological polar surface area (TPSA) is 29.9 Å². The fourth-order valence-electron chi connectivity index (χ4n) is 1.42. The molecule has 0 bridgehead atoms. The van der Waals surface area contributed by atoms with Crippen LogP contribution in [0.3, 0.4) is 0 Å². The second-order valence-corrected chi connectivity index (χ2v) is 5.60. The molecular weight excluding hydrogens is 369 g/mol. The fraction of sp³-hybridized carbons (Fsp3) is 0.182. The van der Waals surface area contributed by atoms with E-state index in [2.05, 4.69) is 42.2 Å². The highest BCUT2D eigenvalue weighted by Crippen LogP contribution is 2.30. The van der Waals surface area contributed by atoms with Crippen LogP contribution in [0.15, 0.2) is 33.3 Å². The maximum absolute atomic E-state index is 5.93. The third-order valence-corrected chi connectivity index (χ3v) is 4.09. The van der Waals surface area contributed by atoms with Gasteiger partial charge in [-0.3, -0.25) is 0 Å². The Morgan fingerprint density at radius 3 is 2.53 bits per heavy atom. The van der Waals surface area contributed by atoms with Crippen molar-refractivity contribution in [3.05, 3.63) is 44.3 Å². The second-order valence-electron chi connectivity index (χ2n) is 3.51. The number of hydrogen-bond donors (Lipinski definition) is 1. The molecule has 1 aromatic carbocycles. The van der Waals surface area contributed by atoms with E-state index in [1.807, 2.05) is 29.8 Å². The molecule has 0 unspecified atom stereocenters. The van der Waals surface area contributed by atoms with Gasteiger partial charge in [-0.15, -0.1) is 0 Å². The number of hydrogen-bond acceptors (Lipinski definition) is 2. The van der Waals surface area contributed by atoms with Crippen LogP contribution in [0, 0.1) is 0 Å². The number of benzene rings is 1. The molecule has 1 heterocycles. The van der Waals surface area contributed by atoms with Crippen LogP contribution in [0.1, 0.15) is 5.82 Å². The Labute approximate surface area is 121 Å². The van der Waals surface area contributed by atoms with Gasteiger partial charge in [0.15, 0.2) is 0 Å². The smallest absolute Gasteiger partial charge is 0.128 e. The van der Waals surface area contributed by atoms with Crippen molar-refractivity contribution < 1.29 is 0 Å². The largest absolute Gasteiger partial charge is 0.376 e. The molecule has 1 N–H and O–H groups in total. The van der Waals surface area contributed by atoms with Crippen LogP contribution in [0.5, 0.6) is 0 Å². The summed E-state index contributed by atoms with van der Waals surface area (Å²) in [5, 5.41) is 3.95. The molecule has 0 amide bonds. The van der Waals surface area contributed by atoms with Crippen molar-refractivity contribution in [1.29, 1.82) is 0 Å². The molecule has 1 aromatic heterocycles. The molecule has 90 valence electrons. The Bertz CT molecular complexity index is 519. The van der Waals surface area contributed by atoms with Crippen molar-refractivity contribution in [3.8, 4) is 0 Å². The first-order valence-corrected chi connectivity index (χ1v) is 6.90. The molecule has 2 aromatic rings. The highest BCUT2D eigenvalue weighted by molar-refractivity contribution is 9.11. The lowest BCUT2D eigenvalue weighted by Crippen LogP contribution is -2.06. The van der Waals surface area contributed by atoms with Crippen molar-refractivity contribution in [3.63, 3.8) is 0 Å². The van der Waals surface area contributed by atoms with Crippen LogP contribution in [0.2, 0.25) is 5.15 Å². The van der Waals surface area contributed by atoms with Crippen LogP contribution in [0.25, 0.3) is 0 Å². The van der Waals surface area contributed by atoms with Gasteiger partial charge in [0.1, 0.15) is 11.0 Å². The summed E-state index contributed by atoms with van der Waals surface area (Å²) in [5.74, 6) is 0.887. The Balaban J connectivity index is 2.15. The van der Waals surface area contributed by atoms with Gasteiger partial charge >= 0.3 is 0 Å². The van der Waals surface area contributed by atoms with Crippen molar-refractivity contribution in [1.82, 2.24) is 9.55 Å². The molecule has 0 aliphatic carbocycles. The minimum absolute atomic E-state index is 0.616. The molecule has 2 rings (SSSR count). The number of imidazole rings is 1. The average molecular weight is 379 g/mol. The maximum atomic E-state index is 5.93. The monoisotopic (exact) mass is 377 g/mol. The first-order valence-electron chi connectivity index (χ1n) is 4.93. The van der Waals surface area contributed by atoms with Gasteiger partial charge in [0.25, 0.3) is 0 Å². The van der Waals surface area contributed by atoms with E-state index in [9.17, 15) is 0 Å². The molecule has 0 saturated heterocycles.